The first-order valence-corrected chi connectivity index (χ1v) is 9.72. The summed E-state index contributed by atoms with van der Waals surface area (Å²) in [5.74, 6) is 0.536. The van der Waals surface area contributed by atoms with Gasteiger partial charge in [0.15, 0.2) is 0 Å². The molecule has 2 aromatic rings. The number of amides is 1. The third-order valence-electron chi connectivity index (χ3n) is 4.07. The van der Waals surface area contributed by atoms with E-state index in [-0.39, 0.29) is 12.1 Å². The number of carbonyl (C=O) groups is 1. The van der Waals surface area contributed by atoms with E-state index in [1.807, 2.05) is 0 Å². The van der Waals surface area contributed by atoms with Crippen LogP contribution in [0.2, 0.25) is 0 Å². The van der Waals surface area contributed by atoms with Gasteiger partial charge in [-0.3, -0.25) is 9.29 Å². The highest BCUT2D eigenvalue weighted by Crippen LogP contribution is 2.22. The SMILES string of the molecule is Cc1nc(-c2cccc(NS(N)(=O)=O)c2)cn1C(=O)NC1CCOCC1. The van der Waals surface area contributed by atoms with Crippen LogP contribution in [0, 0.1) is 6.92 Å². The number of carbonyl (C=O) groups excluding carboxylic acids is 1. The summed E-state index contributed by atoms with van der Waals surface area (Å²) in [6, 6.07) is 6.48. The quantitative estimate of drug-likeness (QED) is 0.735. The van der Waals surface area contributed by atoms with Crippen LogP contribution >= 0.6 is 0 Å². The first-order valence-electron chi connectivity index (χ1n) is 8.17. The minimum atomic E-state index is -3.86. The van der Waals surface area contributed by atoms with Crippen LogP contribution in [0.25, 0.3) is 11.3 Å². The molecule has 2 heterocycles. The molecule has 10 heteroatoms. The van der Waals surface area contributed by atoms with Crippen LogP contribution in [0.4, 0.5) is 10.5 Å². The van der Waals surface area contributed by atoms with Crippen molar-refractivity contribution in [2.45, 2.75) is 25.8 Å². The summed E-state index contributed by atoms with van der Waals surface area (Å²) < 4.78 is 31.3. The van der Waals surface area contributed by atoms with Crippen molar-refractivity contribution in [1.82, 2.24) is 14.9 Å². The lowest BCUT2D eigenvalue weighted by molar-refractivity contribution is 0.0801. The van der Waals surface area contributed by atoms with Crippen LogP contribution in [0.1, 0.15) is 18.7 Å². The third-order valence-corrected chi connectivity index (χ3v) is 4.59. The molecule has 1 aromatic heterocycles. The Morgan fingerprint density at radius 2 is 2.08 bits per heavy atom. The molecule has 1 amide bonds. The summed E-state index contributed by atoms with van der Waals surface area (Å²) in [5, 5.41) is 7.97. The van der Waals surface area contributed by atoms with E-state index in [1.165, 1.54) is 4.57 Å². The molecule has 0 saturated carbocycles. The van der Waals surface area contributed by atoms with Gasteiger partial charge in [0, 0.05) is 31.0 Å². The Morgan fingerprint density at radius 3 is 2.77 bits per heavy atom. The Labute approximate surface area is 151 Å². The molecule has 140 valence electrons. The topological polar surface area (TPSA) is 128 Å². The molecule has 0 unspecified atom stereocenters. The van der Waals surface area contributed by atoms with Gasteiger partial charge in [0.25, 0.3) is 10.2 Å². The Hall–Kier alpha value is -2.43. The number of benzene rings is 1. The van der Waals surface area contributed by atoms with Gasteiger partial charge >= 0.3 is 6.03 Å². The van der Waals surface area contributed by atoms with Crippen molar-refractivity contribution < 1.29 is 17.9 Å². The maximum Gasteiger partial charge on any atom is 0.327 e. The standard InChI is InChI=1S/C16H21N5O4S/c1-11-18-15(12-3-2-4-14(9-12)20-26(17,23)24)10-21(11)16(22)19-13-5-7-25-8-6-13/h2-4,9-10,13,20H,5-8H2,1H3,(H,19,22)(H2,17,23,24). The first kappa shape index (κ1) is 18.4. The number of anilines is 1. The Kier molecular flexibility index (Phi) is 5.25. The van der Waals surface area contributed by atoms with E-state index in [9.17, 15) is 13.2 Å². The highest BCUT2D eigenvalue weighted by atomic mass is 32.2. The maximum absolute atomic E-state index is 12.5. The summed E-state index contributed by atoms with van der Waals surface area (Å²) in [6.45, 7) is 3.02. The summed E-state index contributed by atoms with van der Waals surface area (Å²) in [4.78, 5) is 16.9. The monoisotopic (exact) mass is 379 g/mol. The average Bonchev–Trinajstić information content (AvgIpc) is 2.96. The van der Waals surface area contributed by atoms with Crippen molar-refractivity contribution in [2.24, 2.45) is 5.14 Å². The van der Waals surface area contributed by atoms with Crippen molar-refractivity contribution in [3.8, 4) is 11.3 Å². The predicted octanol–water partition coefficient (Wildman–Crippen LogP) is 1.21. The van der Waals surface area contributed by atoms with E-state index in [0.29, 0.717) is 36.0 Å². The molecule has 9 nitrogen and oxygen atoms in total. The van der Waals surface area contributed by atoms with E-state index in [4.69, 9.17) is 9.88 Å². The van der Waals surface area contributed by atoms with Gasteiger partial charge in [-0.05, 0) is 31.9 Å². The lowest BCUT2D eigenvalue weighted by atomic mass is 10.1. The number of nitrogens with one attached hydrogen (secondary N) is 2. The molecular weight excluding hydrogens is 358 g/mol. The second-order valence-corrected chi connectivity index (χ2v) is 7.40. The zero-order valence-electron chi connectivity index (χ0n) is 14.3. The normalized spacial score (nSPS) is 15.6. The molecular formula is C16H21N5O4S. The highest BCUT2D eigenvalue weighted by molar-refractivity contribution is 7.90. The fourth-order valence-corrected chi connectivity index (χ4v) is 3.27. The number of imidazole rings is 1. The number of aromatic nitrogens is 2. The number of aryl methyl sites for hydroxylation is 1. The van der Waals surface area contributed by atoms with Gasteiger partial charge < -0.3 is 10.1 Å². The molecule has 1 saturated heterocycles. The number of hydrogen-bond acceptors (Lipinski definition) is 5. The average molecular weight is 379 g/mol. The number of hydrogen-bond donors (Lipinski definition) is 3. The fraction of sp³-hybridized carbons (Fsp3) is 0.375. The molecule has 26 heavy (non-hydrogen) atoms. The second-order valence-electron chi connectivity index (χ2n) is 6.11. The van der Waals surface area contributed by atoms with Crippen LogP contribution in [-0.4, -0.2) is 43.3 Å². The number of nitrogens with two attached hydrogens (primary N) is 1. The van der Waals surface area contributed by atoms with Gasteiger partial charge in [-0.1, -0.05) is 12.1 Å². The molecule has 0 bridgehead atoms. The summed E-state index contributed by atoms with van der Waals surface area (Å²) in [5.41, 5.74) is 1.55. The molecule has 1 fully saturated rings. The molecule has 0 aliphatic carbocycles. The molecule has 0 atom stereocenters. The summed E-state index contributed by atoms with van der Waals surface area (Å²) in [7, 11) is -3.86. The van der Waals surface area contributed by atoms with Gasteiger partial charge in [0.05, 0.1) is 11.4 Å². The lowest BCUT2D eigenvalue weighted by Crippen LogP contribution is -2.41. The van der Waals surface area contributed by atoms with Crippen molar-refractivity contribution >= 4 is 21.9 Å². The molecule has 3 rings (SSSR count). The molecule has 1 aromatic carbocycles. The Bertz CT molecular complexity index is 903. The first-order chi connectivity index (χ1) is 12.3. The Balaban J connectivity index is 1.79. The lowest BCUT2D eigenvalue weighted by Gasteiger charge is -2.23. The molecule has 1 aliphatic rings. The van der Waals surface area contributed by atoms with E-state index >= 15 is 0 Å². The molecule has 4 N–H and O–H groups in total. The molecule has 0 radical (unpaired) electrons. The minimum Gasteiger partial charge on any atom is -0.381 e. The maximum atomic E-state index is 12.5. The predicted molar refractivity (Wildman–Crippen MR) is 96.9 cm³/mol. The van der Waals surface area contributed by atoms with Crippen LogP contribution in [0.3, 0.4) is 0 Å². The molecule has 0 spiro atoms. The van der Waals surface area contributed by atoms with Crippen LogP contribution in [-0.2, 0) is 14.9 Å². The van der Waals surface area contributed by atoms with Crippen molar-refractivity contribution in [3.05, 3.63) is 36.3 Å². The molecule has 1 aliphatic heterocycles. The Morgan fingerprint density at radius 1 is 1.35 bits per heavy atom. The second kappa shape index (κ2) is 7.44. The number of ether oxygens (including phenoxy) is 1. The van der Waals surface area contributed by atoms with E-state index < -0.39 is 10.2 Å². The smallest absolute Gasteiger partial charge is 0.327 e. The van der Waals surface area contributed by atoms with Crippen LogP contribution in [0.5, 0.6) is 0 Å². The fourth-order valence-electron chi connectivity index (χ4n) is 2.81. The van der Waals surface area contributed by atoms with Gasteiger partial charge in [0.2, 0.25) is 0 Å². The van der Waals surface area contributed by atoms with Crippen molar-refractivity contribution in [1.29, 1.82) is 0 Å². The third kappa shape index (κ3) is 4.59. The van der Waals surface area contributed by atoms with E-state index in [0.717, 1.165) is 12.8 Å². The van der Waals surface area contributed by atoms with Gasteiger partial charge in [0.1, 0.15) is 5.82 Å². The van der Waals surface area contributed by atoms with Crippen molar-refractivity contribution in [2.75, 3.05) is 17.9 Å². The van der Waals surface area contributed by atoms with Gasteiger partial charge in [-0.15, -0.1) is 0 Å². The zero-order chi connectivity index (χ0) is 18.7. The largest absolute Gasteiger partial charge is 0.381 e. The summed E-state index contributed by atoms with van der Waals surface area (Å²) in [6.07, 6.45) is 3.20. The van der Waals surface area contributed by atoms with Gasteiger partial charge in [-0.2, -0.15) is 8.42 Å². The summed E-state index contributed by atoms with van der Waals surface area (Å²) >= 11 is 0. The number of rotatable bonds is 4. The van der Waals surface area contributed by atoms with Crippen LogP contribution < -0.4 is 15.2 Å². The minimum absolute atomic E-state index is 0.0868. The van der Waals surface area contributed by atoms with Gasteiger partial charge in [-0.25, -0.2) is 14.9 Å². The van der Waals surface area contributed by atoms with E-state index in [2.05, 4.69) is 15.0 Å². The van der Waals surface area contributed by atoms with Crippen LogP contribution in [0.15, 0.2) is 30.5 Å². The zero-order valence-corrected chi connectivity index (χ0v) is 15.1. The van der Waals surface area contributed by atoms with E-state index in [1.54, 1.807) is 37.4 Å². The highest BCUT2D eigenvalue weighted by Gasteiger charge is 2.19. The van der Waals surface area contributed by atoms with Crippen molar-refractivity contribution in [3.63, 3.8) is 0 Å². The number of nitrogens with zero attached hydrogens (tertiary/aromatic N) is 2.